The number of benzene rings is 1. The van der Waals surface area contributed by atoms with Crippen molar-refractivity contribution in [1.82, 2.24) is 0 Å². The second-order valence-electron chi connectivity index (χ2n) is 4.56. The van der Waals surface area contributed by atoms with Crippen LogP contribution in [0.3, 0.4) is 0 Å². The van der Waals surface area contributed by atoms with Crippen LogP contribution in [0.1, 0.15) is 24.8 Å². The van der Waals surface area contributed by atoms with Crippen LogP contribution in [0.5, 0.6) is 17.2 Å². The first-order chi connectivity index (χ1) is 8.97. The van der Waals surface area contributed by atoms with E-state index in [1.54, 1.807) is 0 Å². The summed E-state index contributed by atoms with van der Waals surface area (Å²) in [4.78, 5) is 11.5. The fourth-order valence-electron chi connectivity index (χ4n) is 2.50. The summed E-state index contributed by atoms with van der Waals surface area (Å²) in [7, 11) is 2.80. The third-order valence-corrected chi connectivity index (χ3v) is 3.99. The first kappa shape index (κ1) is 13.8. The molecule has 0 spiro atoms. The van der Waals surface area contributed by atoms with Gasteiger partial charge in [-0.3, -0.25) is 4.79 Å². The summed E-state index contributed by atoms with van der Waals surface area (Å²) < 4.78 is 10.1. The van der Waals surface area contributed by atoms with Crippen molar-refractivity contribution in [2.75, 3.05) is 14.2 Å². The van der Waals surface area contributed by atoms with E-state index in [1.807, 2.05) is 0 Å². The van der Waals surface area contributed by atoms with Gasteiger partial charge >= 0.3 is 5.97 Å². The van der Waals surface area contributed by atoms with Gasteiger partial charge < -0.3 is 19.7 Å². The topological polar surface area (TPSA) is 76.0 Å². The molecule has 104 valence electrons. The second kappa shape index (κ2) is 4.81. The fraction of sp³-hybridized carbons (Fsp3) is 0.462. The van der Waals surface area contributed by atoms with Crippen molar-refractivity contribution in [3.8, 4) is 17.2 Å². The van der Waals surface area contributed by atoms with Gasteiger partial charge in [-0.25, -0.2) is 0 Å². The summed E-state index contributed by atoms with van der Waals surface area (Å²) in [5.74, 6) is -0.861. The highest BCUT2D eigenvalue weighted by Gasteiger charge is 2.49. The molecule has 1 aromatic rings. The number of phenols is 1. The Morgan fingerprint density at radius 2 is 2.00 bits per heavy atom. The standard InChI is InChI=1S/C13H15ClO5/c1-18-8-6-7(14)9(10(15)11(8)19-2)13(12(16)17)4-3-5-13/h6,15H,3-5H2,1-2H3,(H,16,17). The quantitative estimate of drug-likeness (QED) is 0.889. The SMILES string of the molecule is COc1cc(Cl)c(C2(C(=O)O)CCC2)c(O)c1OC. The Hall–Kier alpha value is -1.62. The molecule has 0 saturated heterocycles. The van der Waals surface area contributed by atoms with Crippen molar-refractivity contribution in [3.05, 3.63) is 16.7 Å². The summed E-state index contributed by atoms with van der Waals surface area (Å²) in [5.41, 5.74) is -0.911. The van der Waals surface area contributed by atoms with Gasteiger partial charge in [0.05, 0.1) is 24.7 Å². The highest BCUT2D eigenvalue weighted by Crippen LogP contribution is 2.54. The molecule has 0 radical (unpaired) electrons. The van der Waals surface area contributed by atoms with E-state index < -0.39 is 11.4 Å². The molecule has 0 atom stereocenters. The van der Waals surface area contributed by atoms with E-state index in [9.17, 15) is 15.0 Å². The van der Waals surface area contributed by atoms with Crippen LogP contribution in [0.4, 0.5) is 0 Å². The van der Waals surface area contributed by atoms with Gasteiger partial charge in [0, 0.05) is 11.6 Å². The summed E-state index contributed by atoms with van der Waals surface area (Å²) in [6.07, 6.45) is 1.69. The first-order valence-corrected chi connectivity index (χ1v) is 6.23. The van der Waals surface area contributed by atoms with Crippen LogP contribution in [-0.4, -0.2) is 30.4 Å². The molecule has 0 aliphatic heterocycles. The molecular formula is C13H15ClO5. The number of hydrogen-bond donors (Lipinski definition) is 2. The molecule has 2 rings (SSSR count). The second-order valence-corrected chi connectivity index (χ2v) is 4.97. The Labute approximate surface area is 115 Å². The molecule has 1 aromatic carbocycles. The molecule has 6 heteroatoms. The Morgan fingerprint density at radius 3 is 2.37 bits per heavy atom. The molecule has 1 saturated carbocycles. The number of carboxylic acids is 1. The smallest absolute Gasteiger partial charge is 0.314 e. The van der Waals surface area contributed by atoms with Crippen LogP contribution >= 0.6 is 11.6 Å². The maximum Gasteiger partial charge on any atom is 0.314 e. The maximum atomic E-state index is 11.5. The number of phenolic OH excluding ortho intramolecular Hbond substituents is 1. The lowest BCUT2D eigenvalue weighted by molar-refractivity contribution is -0.147. The maximum absolute atomic E-state index is 11.5. The van der Waals surface area contributed by atoms with Gasteiger partial charge in [0.1, 0.15) is 0 Å². The van der Waals surface area contributed by atoms with E-state index in [4.69, 9.17) is 21.1 Å². The van der Waals surface area contributed by atoms with Crippen LogP contribution in [0.15, 0.2) is 6.07 Å². The van der Waals surface area contributed by atoms with Crippen molar-refractivity contribution in [1.29, 1.82) is 0 Å². The fourth-order valence-corrected chi connectivity index (χ4v) is 2.87. The van der Waals surface area contributed by atoms with Gasteiger partial charge in [0.15, 0.2) is 11.5 Å². The van der Waals surface area contributed by atoms with Gasteiger partial charge in [-0.2, -0.15) is 0 Å². The summed E-state index contributed by atoms with van der Waals surface area (Å²) in [6.45, 7) is 0. The van der Waals surface area contributed by atoms with Gasteiger partial charge in [-0.15, -0.1) is 0 Å². The van der Waals surface area contributed by atoms with Crippen LogP contribution in [0, 0.1) is 0 Å². The Balaban J connectivity index is 2.67. The zero-order chi connectivity index (χ0) is 14.2. The van der Waals surface area contributed by atoms with Crippen molar-refractivity contribution in [3.63, 3.8) is 0 Å². The monoisotopic (exact) mass is 286 g/mol. The average Bonchev–Trinajstić information content (AvgIpc) is 2.30. The lowest BCUT2D eigenvalue weighted by Gasteiger charge is -2.39. The molecule has 1 fully saturated rings. The third-order valence-electron chi connectivity index (χ3n) is 3.69. The normalized spacial score (nSPS) is 16.6. The van der Waals surface area contributed by atoms with Gasteiger partial charge in [0.2, 0.25) is 5.75 Å². The van der Waals surface area contributed by atoms with Crippen LogP contribution in [0.25, 0.3) is 0 Å². The number of carbonyl (C=O) groups is 1. The van der Waals surface area contributed by atoms with E-state index in [0.717, 1.165) is 6.42 Å². The predicted octanol–water partition coefficient (Wildman–Crippen LogP) is 2.57. The highest BCUT2D eigenvalue weighted by atomic mass is 35.5. The van der Waals surface area contributed by atoms with E-state index in [1.165, 1.54) is 20.3 Å². The molecule has 2 N–H and O–H groups in total. The van der Waals surface area contributed by atoms with Crippen molar-refractivity contribution < 1.29 is 24.5 Å². The number of methoxy groups -OCH3 is 2. The number of carboxylic acid groups (broad SMARTS) is 1. The van der Waals surface area contributed by atoms with Crippen molar-refractivity contribution >= 4 is 17.6 Å². The summed E-state index contributed by atoms with van der Waals surface area (Å²) >= 11 is 6.12. The molecule has 0 amide bonds. The highest BCUT2D eigenvalue weighted by molar-refractivity contribution is 6.32. The molecule has 0 aromatic heterocycles. The molecule has 19 heavy (non-hydrogen) atoms. The first-order valence-electron chi connectivity index (χ1n) is 5.85. The minimum atomic E-state index is -1.12. The Bertz CT molecular complexity index is 522. The van der Waals surface area contributed by atoms with E-state index in [0.29, 0.717) is 12.8 Å². The Kier molecular flexibility index (Phi) is 3.49. The molecule has 0 bridgehead atoms. The van der Waals surface area contributed by atoms with Crippen molar-refractivity contribution in [2.45, 2.75) is 24.7 Å². The van der Waals surface area contributed by atoms with Gasteiger partial charge in [-0.1, -0.05) is 18.0 Å². The van der Waals surface area contributed by atoms with Crippen LogP contribution in [0.2, 0.25) is 5.02 Å². The molecule has 1 aliphatic rings. The lowest BCUT2D eigenvalue weighted by Crippen LogP contribution is -2.42. The number of rotatable bonds is 4. The largest absolute Gasteiger partial charge is 0.504 e. The Morgan fingerprint density at radius 1 is 1.37 bits per heavy atom. The van der Waals surface area contributed by atoms with Gasteiger partial charge in [-0.05, 0) is 12.8 Å². The van der Waals surface area contributed by atoms with E-state index in [-0.39, 0.29) is 27.8 Å². The van der Waals surface area contributed by atoms with E-state index >= 15 is 0 Å². The van der Waals surface area contributed by atoms with Crippen molar-refractivity contribution in [2.24, 2.45) is 0 Å². The van der Waals surface area contributed by atoms with Crippen LogP contribution in [-0.2, 0) is 10.2 Å². The molecule has 5 nitrogen and oxygen atoms in total. The molecular weight excluding hydrogens is 272 g/mol. The predicted molar refractivity (Wildman–Crippen MR) is 69.4 cm³/mol. The summed E-state index contributed by atoms with van der Waals surface area (Å²) in [5, 5.41) is 19.9. The molecule has 0 heterocycles. The number of hydrogen-bond acceptors (Lipinski definition) is 4. The number of halogens is 1. The zero-order valence-electron chi connectivity index (χ0n) is 10.7. The third kappa shape index (κ3) is 1.89. The number of aromatic hydroxyl groups is 1. The lowest BCUT2D eigenvalue weighted by atomic mass is 9.64. The zero-order valence-corrected chi connectivity index (χ0v) is 11.5. The molecule has 0 unspecified atom stereocenters. The van der Waals surface area contributed by atoms with Crippen LogP contribution < -0.4 is 9.47 Å². The number of ether oxygens (including phenoxy) is 2. The average molecular weight is 287 g/mol. The van der Waals surface area contributed by atoms with E-state index in [2.05, 4.69) is 0 Å². The summed E-state index contributed by atoms with van der Waals surface area (Å²) in [6, 6.07) is 1.47. The minimum Gasteiger partial charge on any atom is -0.504 e. The minimum absolute atomic E-state index is 0.106. The van der Waals surface area contributed by atoms with Gasteiger partial charge in [0.25, 0.3) is 0 Å². The number of aliphatic carboxylic acids is 1. The molecule has 1 aliphatic carbocycles.